The molecule has 0 aliphatic carbocycles. The van der Waals surface area contributed by atoms with Crippen LogP contribution in [0.5, 0.6) is 11.5 Å². The normalized spacial score (nSPS) is 17.3. The number of aromatic amines is 1. The molecule has 2 N–H and O–H groups in total. The molecule has 0 saturated carbocycles. The van der Waals surface area contributed by atoms with Crippen molar-refractivity contribution in [1.29, 1.82) is 5.26 Å². The SMILES string of the molecule is COc1cc2c(cc1OCCC1CN(C)CCN1)ncc1c3ccc(C#N)cc3[nH]c21. The van der Waals surface area contributed by atoms with Gasteiger partial charge >= 0.3 is 0 Å². The van der Waals surface area contributed by atoms with Gasteiger partial charge in [0.05, 0.1) is 36.4 Å². The Morgan fingerprint density at radius 1 is 1.19 bits per heavy atom. The van der Waals surface area contributed by atoms with Gasteiger partial charge in [0.2, 0.25) is 0 Å². The van der Waals surface area contributed by atoms with Gasteiger partial charge in [0, 0.05) is 59.6 Å². The van der Waals surface area contributed by atoms with Gasteiger partial charge in [-0.25, -0.2) is 0 Å². The Hall–Kier alpha value is -3.34. The number of nitriles is 1. The van der Waals surface area contributed by atoms with E-state index in [1.54, 1.807) is 7.11 Å². The summed E-state index contributed by atoms with van der Waals surface area (Å²) in [5, 5.41) is 15.8. The molecule has 1 saturated heterocycles. The maximum atomic E-state index is 9.20. The fraction of sp³-hybridized carbons (Fsp3) is 0.333. The van der Waals surface area contributed by atoms with Crippen LogP contribution in [0.4, 0.5) is 0 Å². The molecule has 2 aromatic heterocycles. The first kappa shape index (κ1) is 19.6. The zero-order chi connectivity index (χ0) is 21.4. The molecule has 31 heavy (non-hydrogen) atoms. The van der Waals surface area contributed by atoms with Crippen LogP contribution in [0.1, 0.15) is 12.0 Å². The van der Waals surface area contributed by atoms with Crippen molar-refractivity contribution in [2.24, 2.45) is 0 Å². The molecule has 7 heteroatoms. The molecule has 7 nitrogen and oxygen atoms in total. The average molecular weight is 415 g/mol. The molecule has 1 atom stereocenters. The van der Waals surface area contributed by atoms with Gasteiger partial charge in [-0.15, -0.1) is 0 Å². The predicted octanol–water partition coefficient (Wildman–Crippen LogP) is 3.42. The monoisotopic (exact) mass is 415 g/mol. The van der Waals surface area contributed by atoms with Gasteiger partial charge in [-0.1, -0.05) is 6.07 Å². The molecule has 0 spiro atoms. The van der Waals surface area contributed by atoms with E-state index in [-0.39, 0.29) is 0 Å². The van der Waals surface area contributed by atoms with E-state index in [9.17, 15) is 5.26 Å². The van der Waals surface area contributed by atoms with E-state index in [0.29, 0.717) is 29.7 Å². The number of fused-ring (bicyclic) bond motifs is 5. The zero-order valence-electron chi connectivity index (χ0n) is 17.7. The number of benzene rings is 2. The highest BCUT2D eigenvalue weighted by Crippen LogP contribution is 2.37. The van der Waals surface area contributed by atoms with Crippen LogP contribution < -0.4 is 14.8 Å². The number of methoxy groups -OCH3 is 1. The van der Waals surface area contributed by atoms with Crippen molar-refractivity contribution in [1.82, 2.24) is 20.2 Å². The number of aromatic nitrogens is 2. The van der Waals surface area contributed by atoms with Crippen molar-refractivity contribution < 1.29 is 9.47 Å². The van der Waals surface area contributed by atoms with Gasteiger partial charge in [-0.3, -0.25) is 4.98 Å². The number of nitrogens with one attached hydrogen (secondary N) is 2. The van der Waals surface area contributed by atoms with E-state index in [4.69, 9.17) is 9.47 Å². The third-order valence-corrected chi connectivity index (χ3v) is 6.03. The third kappa shape index (κ3) is 3.65. The smallest absolute Gasteiger partial charge is 0.163 e. The number of H-pyrrole nitrogens is 1. The lowest BCUT2D eigenvalue weighted by Gasteiger charge is -2.30. The highest BCUT2D eigenvalue weighted by molar-refractivity contribution is 6.16. The first-order valence-corrected chi connectivity index (χ1v) is 10.5. The fourth-order valence-electron chi connectivity index (χ4n) is 4.39. The first-order valence-electron chi connectivity index (χ1n) is 10.5. The fourth-order valence-corrected chi connectivity index (χ4v) is 4.39. The summed E-state index contributed by atoms with van der Waals surface area (Å²) < 4.78 is 11.7. The molecule has 0 amide bonds. The number of hydrogen-bond donors (Lipinski definition) is 2. The van der Waals surface area contributed by atoms with Gasteiger partial charge in [-0.05, 0) is 31.7 Å². The van der Waals surface area contributed by atoms with Crippen LogP contribution in [0, 0.1) is 11.3 Å². The Kier molecular flexibility index (Phi) is 5.10. The minimum absolute atomic E-state index is 0.438. The lowest BCUT2D eigenvalue weighted by Crippen LogP contribution is -2.49. The molecule has 1 aliphatic heterocycles. The van der Waals surface area contributed by atoms with Crippen LogP contribution >= 0.6 is 0 Å². The molecule has 3 heterocycles. The Morgan fingerprint density at radius 3 is 2.90 bits per heavy atom. The third-order valence-electron chi connectivity index (χ3n) is 6.03. The highest BCUT2D eigenvalue weighted by Gasteiger charge is 2.17. The Labute approximate surface area is 180 Å². The standard InChI is InChI=1S/C24H25N5O2/c1-29-7-6-26-16(14-29)5-8-31-23-11-20-18(10-22(23)30-2)24-19(13-27-20)17-4-3-15(12-25)9-21(17)28-24/h3-4,9-11,13,16,26,28H,5-8,14H2,1-2H3. The molecule has 1 unspecified atom stereocenters. The number of pyridine rings is 1. The number of nitrogens with zero attached hydrogens (tertiary/aromatic N) is 3. The lowest BCUT2D eigenvalue weighted by molar-refractivity contribution is 0.203. The Balaban J connectivity index is 1.47. The molecule has 0 radical (unpaired) electrons. The van der Waals surface area contributed by atoms with Crippen LogP contribution in [0.3, 0.4) is 0 Å². The number of hydrogen-bond acceptors (Lipinski definition) is 6. The number of ether oxygens (including phenoxy) is 2. The minimum Gasteiger partial charge on any atom is -0.493 e. The van der Waals surface area contributed by atoms with Crippen LogP contribution in [0.15, 0.2) is 36.5 Å². The first-order chi connectivity index (χ1) is 15.2. The van der Waals surface area contributed by atoms with Crippen LogP contribution in [-0.4, -0.2) is 61.3 Å². The summed E-state index contributed by atoms with van der Waals surface area (Å²) in [6, 6.07) is 12.2. The van der Waals surface area contributed by atoms with E-state index < -0.39 is 0 Å². The lowest BCUT2D eigenvalue weighted by atomic mass is 10.1. The van der Waals surface area contributed by atoms with Crippen molar-refractivity contribution >= 4 is 32.7 Å². The summed E-state index contributed by atoms with van der Waals surface area (Å²) in [4.78, 5) is 10.5. The van der Waals surface area contributed by atoms with Gasteiger partial charge in [-0.2, -0.15) is 5.26 Å². The molecule has 2 aromatic carbocycles. The quantitative estimate of drug-likeness (QED) is 0.519. The highest BCUT2D eigenvalue weighted by atomic mass is 16.5. The van der Waals surface area contributed by atoms with Crippen molar-refractivity contribution in [2.75, 3.05) is 40.4 Å². The van der Waals surface area contributed by atoms with Crippen molar-refractivity contribution in [3.05, 3.63) is 42.1 Å². The molecule has 5 rings (SSSR count). The average Bonchev–Trinajstić information content (AvgIpc) is 3.16. The second kappa shape index (κ2) is 8.06. The van der Waals surface area contributed by atoms with Gasteiger partial charge in [0.1, 0.15) is 0 Å². The number of piperazine rings is 1. The van der Waals surface area contributed by atoms with Crippen molar-refractivity contribution in [3.8, 4) is 17.6 Å². The topological polar surface area (TPSA) is 86.2 Å². The zero-order valence-corrected chi connectivity index (χ0v) is 17.7. The number of rotatable bonds is 5. The summed E-state index contributed by atoms with van der Waals surface area (Å²) in [5.74, 6) is 1.39. The minimum atomic E-state index is 0.438. The van der Waals surface area contributed by atoms with E-state index in [2.05, 4.69) is 33.3 Å². The maximum absolute atomic E-state index is 9.20. The van der Waals surface area contributed by atoms with Crippen LogP contribution in [-0.2, 0) is 0 Å². The Bertz CT molecular complexity index is 1310. The van der Waals surface area contributed by atoms with Gasteiger partial charge in [0.25, 0.3) is 0 Å². The maximum Gasteiger partial charge on any atom is 0.163 e. The second-order valence-electron chi connectivity index (χ2n) is 8.11. The van der Waals surface area contributed by atoms with Crippen molar-refractivity contribution in [3.63, 3.8) is 0 Å². The molecule has 1 aliphatic rings. The second-order valence-corrected chi connectivity index (χ2v) is 8.11. The van der Waals surface area contributed by atoms with Gasteiger partial charge in [0.15, 0.2) is 11.5 Å². The van der Waals surface area contributed by atoms with Crippen molar-refractivity contribution in [2.45, 2.75) is 12.5 Å². The summed E-state index contributed by atoms with van der Waals surface area (Å²) in [5.41, 5.74) is 3.37. The molecular formula is C24H25N5O2. The largest absolute Gasteiger partial charge is 0.493 e. The van der Waals surface area contributed by atoms with E-state index in [1.807, 2.05) is 36.5 Å². The molecule has 1 fully saturated rings. The molecule has 158 valence electrons. The predicted molar refractivity (Wildman–Crippen MR) is 122 cm³/mol. The van der Waals surface area contributed by atoms with Gasteiger partial charge < -0.3 is 24.7 Å². The molecule has 0 bridgehead atoms. The van der Waals surface area contributed by atoms with Crippen LogP contribution in [0.25, 0.3) is 32.7 Å². The summed E-state index contributed by atoms with van der Waals surface area (Å²) in [6.45, 7) is 3.74. The Morgan fingerprint density at radius 2 is 2.10 bits per heavy atom. The van der Waals surface area contributed by atoms with E-state index in [0.717, 1.165) is 58.8 Å². The molecule has 4 aromatic rings. The summed E-state index contributed by atoms with van der Waals surface area (Å²) >= 11 is 0. The summed E-state index contributed by atoms with van der Waals surface area (Å²) in [7, 11) is 3.81. The molecular weight excluding hydrogens is 390 g/mol. The van der Waals surface area contributed by atoms with E-state index >= 15 is 0 Å². The number of likely N-dealkylation sites (N-methyl/N-ethyl adjacent to an activating group) is 1. The van der Waals surface area contributed by atoms with Crippen LogP contribution in [0.2, 0.25) is 0 Å². The van der Waals surface area contributed by atoms with E-state index in [1.165, 1.54) is 0 Å². The summed E-state index contributed by atoms with van der Waals surface area (Å²) in [6.07, 6.45) is 2.81.